The lowest BCUT2D eigenvalue weighted by atomic mass is 10.1. The Labute approximate surface area is 150 Å². The first-order valence-electron chi connectivity index (χ1n) is 8.13. The molecule has 0 aliphatic carbocycles. The van der Waals surface area contributed by atoms with Gasteiger partial charge < -0.3 is 20.9 Å². The van der Waals surface area contributed by atoms with Gasteiger partial charge in [0.05, 0.1) is 17.7 Å². The molecule has 0 bridgehead atoms. The van der Waals surface area contributed by atoms with Gasteiger partial charge in [0.1, 0.15) is 5.82 Å². The number of halogens is 1. The maximum atomic E-state index is 8.78. The Morgan fingerprint density at radius 1 is 1.42 bits per heavy atom. The summed E-state index contributed by atoms with van der Waals surface area (Å²) in [6.07, 6.45) is 4.46. The van der Waals surface area contributed by atoms with Crippen LogP contribution in [0, 0.1) is 0 Å². The van der Waals surface area contributed by atoms with Crippen LogP contribution in [0.1, 0.15) is 23.3 Å². The molecule has 0 aromatic carbocycles. The van der Waals surface area contributed by atoms with Crippen LogP contribution in [-0.2, 0) is 17.7 Å². The second-order valence-corrected chi connectivity index (χ2v) is 7.49. The third kappa shape index (κ3) is 4.46. The molecule has 2 aromatic heterocycles. The highest BCUT2D eigenvalue weighted by molar-refractivity contribution is 7.15. The standard InChI is InChI=1S/C12H12ClN3S.C5H10O2/c13-9-6-16-12(14)4-8(9)11-3-7-5-15-2-1-10(7)17-11;6-5-2-1-3-7-4-5/h3-4,6,15H,1-2,5H2,(H2,14,16);5-6H,1-4H2. The Bertz CT molecular complexity index is 663. The summed E-state index contributed by atoms with van der Waals surface area (Å²) in [5.41, 5.74) is 8.07. The van der Waals surface area contributed by atoms with Gasteiger partial charge in [-0.1, -0.05) is 11.6 Å². The molecule has 0 amide bonds. The van der Waals surface area contributed by atoms with Gasteiger partial charge in [-0.05, 0) is 37.0 Å². The fourth-order valence-corrected chi connectivity index (χ4v) is 4.23. The Morgan fingerprint density at radius 2 is 2.29 bits per heavy atom. The number of nitrogens with one attached hydrogen (secondary N) is 1. The topological polar surface area (TPSA) is 80.4 Å². The molecule has 0 saturated carbocycles. The Hall–Kier alpha value is -1.18. The molecule has 4 heterocycles. The molecule has 24 heavy (non-hydrogen) atoms. The van der Waals surface area contributed by atoms with Crippen molar-refractivity contribution in [2.45, 2.75) is 31.9 Å². The maximum Gasteiger partial charge on any atom is 0.124 e. The fourth-order valence-electron chi connectivity index (χ4n) is 2.75. The van der Waals surface area contributed by atoms with Crippen LogP contribution in [0.5, 0.6) is 0 Å². The van der Waals surface area contributed by atoms with Crippen molar-refractivity contribution in [1.29, 1.82) is 0 Å². The van der Waals surface area contributed by atoms with E-state index in [4.69, 9.17) is 27.2 Å². The van der Waals surface area contributed by atoms with Gasteiger partial charge in [0.25, 0.3) is 0 Å². The number of rotatable bonds is 1. The second-order valence-electron chi connectivity index (χ2n) is 5.95. The summed E-state index contributed by atoms with van der Waals surface area (Å²) in [6, 6.07) is 4.04. The molecule has 1 atom stereocenters. The van der Waals surface area contributed by atoms with E-state index in [1.807, 2.05) is 6.07 Å². The Morgan fingerprint density at radius 3 is 2.96 bits per heavy atom. The number of anilines is 1. The van der Waals surface area contributed by atoms with Gasteiger partial charge in [-0.2, -0.15) is 0 Å². The molecule has 7 heteroatoms. The molecule has 1 fully saturated rings. The number of nitrogens with two attached hydrogens (primary N) is 1. The lowest BCUT2D eigenvalue weighted by molar-refractivity contribution is -0.00535. The molecule has 2 aliphatic heterocycles. The zero-order valence-corrected chi connectivity index (χ0v) is 15.0. The first kappa shape index (κ1) is 17.6. The summed E-state index contributed by atoms with van der Waals surface area (Å²) in [5, 5.41) is 12.8. The highest BCUT2D eigenvalue weighted by Crippen LogP contribution is 2.37. The molecule has 1 saturated heterocycles. The summed E-state index contributed by atoms with van der Waals surface area (Å²) in [4.78, 5) is 6.61. The minimum Gasteiger partial charge on any atom is -0.391 e. The van der Waals surface area contributed by atoms with E-state index < -0.39 is 0 Å². The van der Waals surface area contributed by atoms with Crippen LogP contribution in [0.15, 0.2) is 18.3 Å². The minimum atomic E-state index is -0.186. The van der Waals surface area contributed by atoms with Crippen LogP contribution < -0.4 is 11.1 Å². The van der Waals surface area contributed by atoms with Gasteiger partial charge >= 0.3 is 0 Å². The van der Waals surface area contributed by atoms with E-state index in [2.05, 4.69) is 16.4 Å². The monoisotopic (exact) mass is 367 g/mol. The summed E-state index contributed by atoms with van der Waals surface area (Å²) in [5.74, 6) is 0.508. The first-order valence-corrected chi connectivity index (χ1v) is 9.32. The van der Waals surface area contributed by atoms with Gasteiger partial charge in [0, 0.05) is 41.2 Å². The molecule has 2 aromatic rings. The van der Waals surface area contributed by atoms with Crippen LogP contribution in [0.25, 0.3) is 10.4 Å². The van der Waals surface area contributed by atoms with Crippen LogP contribution in [0.2, 0.25) is 5.02 Å². The number of nitrogen functional groups attached to an aromatic ring is 1. The zero-order chi connectivity index (χ0) is 16.9. The number of aromatic nitrogens is 1. The average molecular weight is 368 g/mol. The van der Waals surface area contributed by atoms with Crippen molar-refractivity contribution in [1.82, 2.24) is 10.3 Å². The molecule has 4 rings (SSSR count). The maximum absolute atomic E-state index is 8.78. The fraction of sp³-hybridized carbons (Fsp3) is 0.471. The van der Waals surface area contributed by atoms with Crippen LogP contribution >= 0.6 is 22.9 Å². The normalized spacial score (nSPS) is 20.0. The smallest absolute Gasteiger partial charge is 0.124 e. The van der Waals surface area contributed by atoms with Crippen LogP contribution in [0.3, 0.4) is 0 Å². The van der Waals surface area contributed by atoms with E-state index in [9.17, 15) is 0 Å². The van der Waals surface area contributed by atoms with Crippen molar-refractivity contribution in [3.63, 3.8) is 0 Å². The van der Waals surface area contributed by atoms with E-state index in [1.165, 1.54) is 15.3 Å². The van der Waals surface area contributed by atoms with E-state index >= 15 is 0 Å². The summed E-state index contributed by atoms with van der Waals surface area (Å²) in [6.45, 7) is 3.38. The lowest BCUT2D eigenvalue weighted by Crippen LogP contribution is -2.21. The van der Waals surface area contributed by atoms with Gasteiger partial charge in [-0.25, -0.2) is 4.98 Å². The largest absolute Gasteiger partial charge is 0.391 e. The van der Waals surface area contributed by atoms with Crippen molar-refractivity contribution < 1.29 is 9.84 Å². The van der Waals surface area contributed by atoms with Crippen molar-refractivity contribution in [3.05, 3.63) is 33.8 Å². The SMILES string of the molecule is Nc1cc(-c2cc3c(s2)CCNC3)c(Cl)cn1.OC1CCCOC1. The van der Waals surface area contributed by atoms with Crippen molar-refractivity contribution in [3.8, 4) is 10.4 Å². The summed E-state index contributed by atoms with van der Waals surface area (Å²) in [7, 11) is 0. The van der Waals surface area contributed by atoms with Crippen LogP contribution in [0.4, 0.5) is 5.82 Å². The van der Waals surface area contributed by atoms with Gasteiger partial charge in [-0.15, -0.1) is 11.3 Å². The highest BCUT2D eigenvalue weighted by Gasteiger charge is 2.15. The predicted molar refractivity (Wildman–Crippen MR) is 98.4 cm³/mol. The first-order chi connectivity index (χ1) is 11.6. The number of nitrogens with zero attached hydrogens (tertiary/aromatic N) is 1. The van der Waals surface area contributed by atoms with Crippen molar-refractivity contribution >= 4 is 28.8 Å². The molecule has 130 valence electrons. The molecule has 4 N–H and O–H groups in total. The van der Waals surface area contributed by atoms with E-state index in [-0.39, 0.29) is 6.10 Å². The number of ether oxygens (including phenoxy) is 1. The quantitative estimate of drug-likeness (QED) is 0.722. The lowest BCUT2D eigenvalue weighted by Gasteiger charge is -2.15. The van der Waals surface area contributed by atoms with Gasteiger partial charge in [0.2, 0.25) is 0 Å². The molecule has 0 radical (unpaired) electrons. The zero-order valence-electron chi connectivity index (χ0n) is 13.4. The molecule has 1 unspecified atom stereocenters. The highest BCUT2D eigenvalue weighted by atomic mass is 35.5. The molecular formula is C17H22ClN3O2S. The third-order valence-corrected chi connectivity index (χ3v) is 5.59. The number of aliphatic hydroxyl groups is 1. The minimum absolute atomic E-state index is 0.186. The van der Waals surface area contributed by atoms with Gasteiger partial charge in [-0.3, -0.25) is 0 Å². The Kier molecular flexibility index (Phi) is 6.08. The summed E-state index contributed by atoms with van der Waals surface area (Å²) < 4.78 is 4.93. The van der Waals surface area contributed by atoms with E-state index in [0.29, 0.717) is 17.4 Å². The Balaban J connectivity index is 0.000000203. The van der Waals surface area contributed by atoms with Crippen molar-refractivity contribution in [2.75, 3.05) is 25.5 Å². The van der Waals surface area contributed by atoms with Gasteiger partial charge in [0.15, 0.2) is 0 Å². The average Bonchev–Trinajstić information content (AvgIpc) is 3.02. The predicted octanol–water partition coefficient (Wildman–Crippen LogP) is 2.85. The third-order valence-electron chi connectivity index (χ3n) is 4.02. The molecule has 5 nitrogen and oxygen atoms in total. The molecule has 0 spiro atoms. The molecular weight excluding hydrogens is 346 g/mol. The van der Waals surface area contributed by atoms with E-state index in [1.54, 1.807) is 17.5 Å². The summed E-state index contributed by atoms with van der Waals surface area (Å²) >= 11 is 7.97. The number of thiophene rings is 1. The number of fused-ring (bicyclic) bond motifs is 1. The van der Waals surface area contributed by atoms with E-state index in [0.717, 1.165) is 44.5 Å². The van der Waals surface area contributed by atoms with Crippen LogP contribution in [-0.4, -0.2) is 36.0 Å². The second kappa shape index (κ2) is 8.27. The number of hydrogen-bond donors (Lipinski definition) is 3. The molecule has 2 aliphatic rings. The number of pyridine rings is 1. The van der Waals surface area contributed by atoms with Crippen molar-refractivity contribution in [2.24, 2.45) is 0 Å². The number of aliphatic hydroxyl groups excluding tert-OH is 1. The number of hydrogen-bond acceptors (Lipinski definition) is 6.